The molecular weight excluding hydrogens is 368 g/mol. The number of unbranched alkanes of at least 4 members (excludes halogenated alkanes) is 2. The Kier molecular flexibility index (Phi) is 17.8. The Bertz CT molecular complexity index is 330. The van der Waals surface area contributed by atoms with Gasteiger partial charge in [0.1, 0.15) is 11.5 Å². The number of rotatable bonds is 17. The van der Waals surface area contributed by atoms with Gasteiger partial charge in [-0.2, -0.15) is 0 Å². The lowest BCUT2D eigenvalue weighted by molar-refractivity contribution is -0.142. The van der Waals surface area contributed by atoms with Crippen molar-refractivity contribution in [1.29, 1.82) is 0 Å². The zero-order valence-electron chi connectivity index (χ0n) is 17.1. The minimum absolute atomic E-state index is 0.198. The number of hydrogen-bond acceptors (Lipinski definition) is 6. The second-order valence-corrected chi connectivity index (χ2v) is 9.19. The first-order chi connectivity index (χ1) is 12.6. The first kappa shape index (κ1) is 25.6. The summed E-state index contributed by atoms with van der Waals surface area (Å²) in [4.78, 5) is 23.5. The normalized spacial score (nSPS) is 13.2. The summed E-state index contributed by atoms with van der Waals surface area (Å²) in [6.07, 6.45) is 9.02. The molecule has 0 aromatic rings. The molecule has 0 unspecified atom stereocenters. The fourth-order valence-electron chi connectivity index (χ4n) is 2.48. The molecule has 0 aliphatic carbocycles. The van der Waals surface area contributed by atoms with E-state index >= 15 is 0 Å². The van der Waals surface area contributed by atoms with Crippen molar-refractivity contribution in [1.82, 2.24) is 0 Å². The largest absolute Gasteiger partial charge is 0.465 e. The van der Waals surface area contributed by atoms with E-state index in [1.54, 1.807) is 0 Å². The van der Waals surface area contributed by atoms with Crippen molar-refractivity contribution < 1.29 is 19.1 Å². The maximum absolute atomic E-state index is 11.8. The number of esters is 2. The summed E-state index contributed by atoms with van der Waals surface area (Å²) in [6.45, 7) is 9.64. The van der Waals surface area contributed by atoms with Gasteiger partial charge in [-0.05, 0) is 24.7 Å². The van der Waals surface area contributed by atoms with Gasteiger partial charge in [-0.3, -0.25) is 9.59 Å². The third-order valence-electron chi connectivity index (χ3n) is 4.48. The van der Waals surface area contributed by atoms with E-state index < -0.39 is 0 Å². The summed E-state index contributed by atoms with van der Waals surface area (Å²) in [7, 11) is 2.72. The highest BCUT2D eigenvalue weighted by molar-refractivity contribution is 8.77. The van der Waals surface area contributed by atoms with Gasteiger partial charge < -0.3 is 9.47 Å². The molecule has 0 bridgehead atoms. The van der Waals surface area contributed by atoms with Crippen molar-refractivity contribution in [3.8, 4) is 0 Å². The van der Waals surface area contributed by atoms with Crippen molar-refractivity contribution in [2.24, 2.45) is 11.8 Å². The maximum atomic E-state index is 11.8. The zero-order valence-corrected chi connectivity index (χ0v) is 18.7. The van der Waals surface area contributed by atoms with Crippen LogP contribution < -0.4 is 0 Å². The molecule has 154 valence electrons. The van der Waals surface area contributed by atoms with Crippen molar-refractivity contribution in [3.05, 3.63) is 0 Å². The third-order valence-corrected chi connectivity index (χ3v) is 6.56. The molecular formula is C20H38O4S2. The highest BCUT2D eigenvalue weighted by Crippen LogP contribution is 2.22. The third kappa shape index (κ3) is 14.8. The number of hydrogen-bond donors (Lipinski definition) is 0. The Hall–Kier alpha value is -0.360. The molecule has 0 spiro atoms. The second-order valence-electron chi connectivity index (χ2n) is 6.72. The Morgan fingerprint density at radius 1 is 0.731 bits per heavy atom. The highest BCUT2D eigenvalue weighted by atomic mass is 33.1. The molecule has 0 saturated heterocycles. The van der Waals surface area contributed by atoms with Crippen molar-refractivity contribution in [2.75, 3.05) is 24.7 Å². The minimum atomic E-state index is -0.198. The van der Waals surface area contributed by atoms with Crippen molar-refractivity contribution in [3.63, 3.8) is 0 Å². The lowest BCUT2D eigenvalue weighted by Gasteiger charge is -2.15. The van der Waals surface area contributed by atoms with E-state index in [4.69, 9.17) is 9.47 Å². The van der Waals surface area contributed by atoms with Gasteiger partial charge in [0, 0.05) is 0 Å². The predicted octanol–water partition coefficient (Wildman–Crippen LogP) is 5.89. The molecule has 0 aliphatic rings. The summed E-state index contributed by atoms with van der Waals surface area (Å²) < 4.78 is 10.7. The summed E-state index contributed by atoms with van der Waals surface area (Å²) in [6, 6.07) is 0. The van der Waals surface area contributed by atoms with Crippen LogP contribution in [0, 0.1) is 11.8 Å². The van der Waals surface area contributed by atoms with Crippen LogP contribution >= 0.6 is 21.6 Å². The summed E-state index contributed by atoms with van der Waals surface area (Å²) >= 11 is 0. The van der Waals surface area contributed by atoms with Gasteiger partial charge in [0.25, 0.3) is 0 Å². The van der Waals surface area contributed by atoms with Crippen molar-refractivity contribution >= 4 is 33.5 Å². The Balaban J connectivity index is 3.73. The van der Waals surface area contributed by atoms with Crippen LogP contribution in [0.5, 0.6) is 0 Å². The van der Waals surface area contributed by atoms with Crippen molar-refractivity contribution in [2.45, 2.75) is 79.1 Å². The molecule has 26 heavy (non-hydrogen) atoms. The molecule has 0 fully saturated rings. The van der Waals surface area contributed by atoms with E-state index in [-0.39, 0.29) is 23.4 Å². The summed E-state index contributed by atoms with van der Waals surface area (Å²) in [5.41, 5.74) is 0. The van der Waals surface area contributed by atoms with Crippen LogP contribution in [0.2, 0.25) is 0 Å². The minimum Gasteiger partial charge on any atom is -0.465 e. The van der Waals surface area contributed by atoms with E-state index in [1.165, 1.54) is 47.3 Å². The van der Waals surface area contributed by atoms with Gasteiger partial charge in [-0.1, -0.05) is 87.8 Å². The molecule has 0 rings (SSSR count). The summed E-state index contributed by atoms with van der Waals surface area (Å²) in [5, 5.41) is 0. The number of ether oxygens (including phenoxy) is 2. The average Bonchev–Trinajstić information content (AvgIpc) is 2.65. The molecule has 0 aromatic carbocycles. The topological polar surface area (TPSA) is 52.6 Å². The first-order valence-electron chi connectivity index (χ1n) is 10.1. The van der Waals surface area contributed by atoms with Crippen LogP contribution in [-0.2, 0) is 19.1 Å². The van der Waals surface area contributed by atoms with E-state index in [1.807, 2.05) is 0 Å². The fraction of sp³-hybridized carbons (Fsp3) is 0.900. The lowest BCUT2D eigenvalue weighted by Crippen LogP contribution is -2.16. The smallest absolute Gasteiger partial charge is 0.316 e. The quantitative estimate of drug-likeness (QED) is 0.171. The van der Waals surface area contributed by atoms with Gasteiger partial charge in [-0.25, -0.2) is 0 Å². The monoisotopic (exact) mass is 406 g/mol. The van der Waals surface area contributed by atoms with E-state index in [2.05, 4.69) is 27.7 Å². The standard InChI is InChI=1S/C20H38O4S2/c1-5-9-11-17(7-3)13-23-19(21)15-25-26-16-20(22)24-14-18(8-4)12-10-6-2/h17-18H,5-16H2,1-4H3/t17-,18-/m1/s1. The van der Waals surface area contributed by atoms with Crippen LogP contribution in [0.15, 0.2) is 0 Å². The molecule has 0 aliphatic heterocycles. The molecule has 4 nitrogen and oxygen atoms in total. The van der Waals surface area contributed by atoms with E-state index in [0.29, 0.717) is 25.0 Å². The van der Waals surface area contributed by atoms with Crippen LogP contribution in [0.1, 0.15) is 79.1 Å². The molecule has 0 aromatic heterocycles. The van der Waals surface area contributed by atoms with Crippen LogP contribution in [0.4, 0.5) is 0 Å². The van der Waals surface area contributed by atoms with Gasteiger partial charge in [-0.15, -0.1) is 0 Å². The van der Waals surface area contributed by atoms with Gasteiger partial charge in [0.15, 0.2) is 0 Å². The summed E-state index contributed by atoms with van der Waals surface area (Å²) in [5.74, 6) is 1.08. The first-order valence-corrected chi connectivity index (χ1v) is 12.6. The maximum Gasteiger partial charge on any atom is 0.316 e. The van der Waals surface area contributed by atoms with E-state index in [0.717, 1.165) is 25.7 Å². The highest BCUT2D eigenvalue weighted by Gasteiger charge is 2.12. The van der Waals surface area contributed by atoms with Crippen LogP contribution in [0.25, 0.3) is 0 Å². The number of carbonyl (C=O) groups is 2. The van der Waals surface area contributed by atoms with Gasteiger partial charge in [0.05, 0.1) is 13.2 Å². The molecule has 0 radical (unpaired) electrons. The number of carbonyl (C=O) groups excluding carboxylic acids is 2. The second kappa shape index (κ2) is 18.0. The van der Waals surface area contributed by atoms with Gasteiger partial charge in [0.2, 0.25) is 0 Å². The molecule has 0 heterocycles. The Labute approximate surface area is 168 Å². The molecule has 2 atom stereocenters. The Morgan fingerprint density at radius 3 is 1.42 bits per heavy atom. The molecule has 0 saturated carbocycles. The Morgan fingerprint density at radius 2 is 1.12 bits per heavy atom. The predicted molar refractivity (Wildman–Crippen MR) is 113 cm³/mol. The van der Waals surface area contributed by atoms with E-state index in [9.17, 15) is 9.59 Å². The molecule has 0 amide bonds. The average molecular weight is 407 g/mol. The molecule has 0 N–H and O–H groups in total. The van der Waals surface area contributed by atoms with Crippen LogP contribution in [-0.4, -0.2) is 36.7 Å². The fourth-order valence-corrected chi connectivity index (χ4v) is 4.08. The van der Waals surface area contributed by atoms with Crippen LogP contribution in [0.3, 0.4) is 0 Å². The zero-order chi connectivity index (χ0) is 19.6. The lowest BCUT2D eigenvalue weighted by atomic mass is 10.0. The SMILES string of the molecule is CCCC[C@@H](CC)COC(=O)CSSCC(=O)OC[C@H](CC)CCCC. The molecule has 6 heteroatoms. The van der Waals surface area contributed by atoms with Gasteiger partial charge >= 0.3 is 11.9 Å².